The van der Waals surface area contributed by atoms with Crippen LogP contribution in [0.3, 0.4) is 0 Å². The normalized spacial score (nSPS) is 14.6. The first-order valence-electron chi connectivity index (χ1n) is 10.9. The summed E-state index contributed by atoms with van der Waals surface area (Å²) in [6.07, 6.45) is 2.03. The van der Waals surface area contributed by atoms with E-state index < -0.39 is 0 Å². The minimum Gasteiger partial charge on any atom is -0.493 e. The maximum Gasteiger partial charge on any atom is 0.322 e. The number of anilines is 1. The summed E-state index contributed by atoms with van der Waals surface area (Å²) < 4.78 is 13.2. The van der Waals surface area contributed by atoms with E-state index in [0.29, 0.717) is 28.8 Å². The molecule has 6 nitrogen and oxygen atoms in total. The molecule has 34 heavy (non-hydrogen) atoms. The molecule has 5 rings (SSSR count). The molecule has 3 aromatic carbocycles. The quantitative estimate of drug-likeness (QED) is 0.379. The van der Waals surface area contributed by atoms with Crippen molar-refractivity contribution < 1.29 is 14.3 Å². The smallest absolute Gasteiger partial charge is 0.322 e. The Morgan fingerprint density at radius 2 is 1.71 bits per heavy atom. The van der Waals surface area contributed by atoms with Crippen molar-refractivity contribution in [3.8, 4) is 17.2 Å². The molecule has 2 heterocycles. The van der Waals surface area contributed by atoms with Gasteiger partial charge in [-0.2, -0.15) is 0 Å². The van der Waals surface area contributed by atoms with Gasteiger partial charge in [-0.1, -0.05) is 35.9 Å². The van der Waals surface area contributed by atoms with Gasteiger partial charge in [-0.15, -0.1) is 0 Å². The van der Waals surface area contributed by atoms with E-state index in [1.807, 2.05) is 53.6 Å². The Labute approximate surface area is 203 Å². The van der Waals surface area contributed by atoms with Crippen molar-refractivity contribution in [1.29, 1.82) is 0 Å². The van der Waals surface area contributed by atoms with Crippen LogP contribution in [0.5, 0.6) is 11.5 Å². The van der Waals surface area contributed by atoms with Gasteiger partial charge in [0.25, 0.3) is 0 Å². The molecule has 1 aromatic heterocycles. The zero-order chi connectivity index (χ0) is 23.7. The lowest BCUT2D eigenvalue weighted by Gasteiger charge is -2.31. The number of aromatic nitrogens is 1. The largest absolute Gasteiger partial charge is 0.493 e. The number of rotatable bonds is 4. The summed E-state index contributed by atoms with van der Waals surface area (Å²) in [5, 5.41) is 3.65. The van der Waals surface area contributed by atoms with Crippen molar-refractivity contribution in [1.82, 2.24) is 9.47 Å². The Kier molecular flexibility index (Phi) is 5.90. The number of hydrogen-bond donors (Lipinski definition) is 1. The zero-order valence-electron chi connectivity index (χ0n) is 18.9. The lowest BCUT2D eigenvalue weighted by atomic mass is 10.0. The molecule has 1 aliphatic rings. The van der Waals surface area contributed by atoms with Gasteiger partial charge in [0.15, 0.2) is 11.5 Å². The SMILES string of the molecule is COc1ccc([C@H]2c3cccn3-c3ccccc3CN2C(=O)Nc2ccc(Cl)cc2)cc1OC. The number of nitrogens with one attached hydrogen (secondary N) is 1. The maximum atomic E-state index is 13.7. The first kappa shape index (κ1) is 21.9. The van der Waals surface area contributed by atoms with Crippen molar-refractivity contribution in [2.75, 3.05) is 19.5 Å². The molecule has 0 aliphatic carbocycles. The molecule has 0 fully saturated rings. The minimum absolute atomic E-state index is 0.216. The van der Waals surface area contributed by atoms with Crippen molar-refractivity contribution >= 4 is 23.3 Å². The summed E-state index contributed by atoms with van der Waals surface area (Å²) >= 11 is 6.03. The van der Waals surface area contributed by atoms with Gasteiger partial charge in [-0.3, -0.25) is 0 Å². The van der Waals surface area contributed by atoms with E-state index in [2.05, 4.69) is 22.0 Å². The number of carbonyl (C=O) groups is 1. The molecule has 7 heteroatoms. The van der Waals surface area contributed by atoms with Crippen LogP contribution in [0.1, 0.15) is 22.9 Å². The molecule has 0 saturated heterocycles. The third-order valence-electron chi connectivity index (χ3n) is 6.04. The number of amides is 2. The van der Waals surface area contributed by atoms with E-state index in [1.54, 1.807) is 38.5 Å². The number of methoxy groups -OCH3 is 2. The number of carbonyl (C=O) groups excluding carboxylic acids is 1. The number of para-hydroxylation sites is 1. The van der Waals surface area contributed by atoms with Gasteiger partial charge in [0.05, 0.1) is 32.5 Å². The molecule has 1 aliphatic heterocycles. The van der Waals surface area contributed by atoms with Gasteiger partial charge < -0.3 is 24.3 Å². The van der Waals surface area contributed by atoms with E-state index in [0.717, 1.165) is 22.5 Å². The third kappa shape index (κ3) is 3.97. The summed E-state index contributed by atoms with van der Waals surface area (Å²) in [6, 6.07) is 24.5. The number of benzene rings is 3. The predicted octanol–water partition coefficient (Wildman–Crippen LogP) is 6.29. The van der Waals surface area contributed by atoms with Crippen molar-refractivity contribution in [3.05, 3.63) is 107 Å². The lowest BCUT2D eigenvalue weighted by molar-refractivity contribution is 0.194. The molecule has 2 amide bonds. The van der Waals surface area contributed by atoms with Crippen molar-refractivity contribution in [2.45, 2.75) is 12.6 Å². The summed E-state index contributed by atoms with van der Waals surface area (Å²) in [5.74, 6) is 1.24. The number of urea groups is 1. The number of hydrogen-bond acceptors (Lipinski definition) is 3. The highest BCUT2D eigenvalue weighted by atomic mass is 35.5. The Hall–Kier alpha value is -3.90. The molecular formula is C27H24ClN3O3. The summed E-state index contributed by atoms with van der Waals surface area (Å²) in [6.45, 7) is 0.427. The van der Waals surface area contributed by atoms with Gasteiger partial charge in [-0.25, -0.2) is 4.79 Å². The number of fused-ring (bicyclic) bond motifs is 3. The Morgan fingerprint density at radius 1 is 0.941 bits per heavy atom. The molecule has 0 unspecified atom stereocenters. The van der Waals surface area contributed by atoms with Gasteiger partial charge in [-0.05, 0) is 65.7 Å². The van der Waals surface area contributed by atoms with E-state index in [9.17, 15) is 4.79 Å². The number of ether oxygens (including phenoxy) is 2. The van der Waals surface area contributed by atoms with Crippen LogP contribution >= 0.6 is 11.6 Å². The van der Waals surface area contributed by atoms with Crippen LogP contribution in [0.4, 0.5) is 10.5 Å². The van der Waals surface area contributed by atoms with E-state index in [1.165, 1.54) is 0 Å². The molecular weight excluding hydrogens is 450 g/mol. The van der Waals surface area contributed by atoms with E-state index >= 15 is 0 Å². The lowest BCUT2D eigenvalue weighted by Crippen LogP contribution is -2.37. The van der Waals surface area contributed by atoms with Crippen LogP contribution in [-0.4, -0.2) is 29.7 Å². The maximum absolute atomic E-state index is 13.7. The van der Waals surface area contributed by atoms with Gasteiger partial charge in [0.1, 0.15) is 0 Å². The average Bonchev–Trinajstić information content (AvgIpc) is 3.29. The molecule has 4 aromatic rings. The topological polar surface area (TPSA) is 55.7 Å². The minimum atomic E-state index is -0.366. The number of halogens is 1. The van der Waals surface area contributed by atoms with E-state index in [4.69, 9.17) is 21.1 Å². The van der Waals surface area contributed by atoms with Gasteiger partial charge in [0, 0.05) is 22.6 Å². The van der Waals surface area contributed by atoms with Crippen LogP contribution < -0.4 is 14.8 Å². The molecule has 172 valence electrons. The summed E-state index contributed by atoms with van der Waals surface area (Å²) in [7, 11) is 3.22. The highest BCUT2D eigenvalue weighted by Gasteiger charge is 2.33. The predicted molar refractivity (Wildman–Crippen MR) is 133 cm³/mol. The Morgan fingerprint density at radius 3 is 2.47 bits per heavy atom. The first-order chi connectivity index (χ1) is 16.6. The Bertz CT molecular complexity index is 1330. The van der Waals surface area contributed by atoms with Crippen LogP contribution in [0.25, 0.3) is 5.69 Å². The molecule has 0 radical (unpaired) electrons. The third-order valence-corrected chi connectivity index (χ3v) is 6.30. The summed E-state index contributed by atoms with van der Waals surface area (Å²) in [4.78, 5) is 15.6. The van der Waals surface area contributed by atoms with Gasteiger partial charge in [0.2, 0.25) is 0 Å². The molecule has 1 atom stereocenters. The summed E-state index contributed by atoms with van der Waals surface area (Å²) in [5.41, 5.74) is 4.66. The Balaban J connectivity index is 1.64. The molecule has 0 saturated carbocycles. The highest BCUT2D eigenvalue weighted by Crippen LogP contribution is 2.39. The second-order valence-electron chi connectivity index (χ2n) is 8.01. The first-order valence-corrected chi connectivity index (χ1v) is 11.3. The standard InChI is InChI=1S/C27H24ClN3O3/c1-33-24-14-9-18(16-25(24)34-2)26-23-8-5-15-30(23)22-7-4-3-6-19(22)17-31(26)27(32)29-21-12-10-20(28)11-13-21/h3-16,26H,17H2,1-2H3,(H,29,32)/t26-/m0/s1. The van der Waals surface area contributed by atoms with Crippen LogP contribution in [0.15, 0.2) is 85.1 Å². The fraction of sp³-hybridized carbons (Fsp3) is 0.148. The van der Waals surface area contributed by atoms with Crippen molar-refractivity contribution in [3.63, 3.8) is 0 Å². The fourth-order valence-electron chi connectivity index (χ4n) is 4.44. The molecule has 1 N–H and O–H groups in total. The fourth-order valence-corrected chi connectivity index (χ4v) is 4.57. The molecule has 0 bridgehead atoms. The van der Waals surface area contributed by atoms with Crippen LogP contribution in [0.2, 0.25) is 5.02 Å². The van der Waals surface area contributed by atoms with Gasteiger partial charge >= 0.3 is 6.03 Å². The highest BCUT2D eigenvalue weighted by molar-refractivity contribution is 6.30. The second-order valence-corrected chi connectivity index (χ2v) is 8.45. The van der Waals surface area contributed by atoms with Crippen LogP contribution in [-0.2, 0) is 6.54 Å². The van der Waals surface area contributed by atoms with Crippen molar-refractivity contribution in [2.24, 2.45) is 0 Å². The monoisotopic (exact) mass is 473 g/mol. The number of nitrogens with zero attached hydrogens (tertiary/aromatic N) is 2. The average molecular weight is 474 g/mol. The second kappa shape index (κ2) is 9.15. The van der Waals surface area contributed by atoms with Crippen LogP contribution in [0, 0.1) is 0 Å². The van der Waals surface area contributed by atoms with E-state index in [-0.39, 0.29) is 12.1 Å². The zero-order valence-corrected chi connectivity index (χ0v) is 19.6. The molecule has 0 spiro atoms.